The van der Waals surface area contributed by atoms with Gasteiger partial charge in [-0.25, -0.2) is 0 Å². The molecule has 0 unspecified atom stereocenters. The minimum absolute atomic E-state index is 0.139. The number of aryl methyl sites for hydroxylation is 1. The fourth-order valence-electron chi connectivity index (χ4n) is 1.79. The Kier molecular flexibility index (Phi) is 2.73. The van der Waals surface area contributed by atoms with Crippen LogP contribution in [0.1, 0.15) is 17.5 Å². The first-order valence-corrected chi connectivity index (χ1v) is 5.13. The summed E-state index contributed by atoms with van der Waals surface area (Å²) in [5, 5.41) is 5.38. The first-order chi connectivity index (χ1) is 7.88. The zero-order valence-corrected chi connectivity index (χ0v) is 9.11. The molecular weight excluding hydrogens is 233 g/mol. The predicted molar refractivity (Wildman–Crippen MR) is 57.9 cm³/mol. The number of alkyl halides is 3. The van der Waals surface area contributed by atoms with Crippen molar-refractivity contribution >= 4 is 17.3 Å². The first-order valence-electron chi connectivity index (χ1n) is 5.13. The molecule has 0 aromatic heterocycles. The van der Waals surface area contributed by atoms with E-state index in [-0.39, 0.29) is 23.6 Å². The molecule has 0 saturated carbocycles. The second kappa shape index (κ2) is 3.94. The van der Waals surface area contributed by atoms with Crippen molar-refractivity contribution in [2.24, 2.45) is 0 Å². The third-order valence-electron chi connectivity index (χ3n) is 2.61. The van der Waals surface area contributed by atoms with Gasteiger partial charge in [-0.1, -0.05) is 0 Å². The molecule has 0 atom stereocenters. The summed E-state index contributed by atoms with van der Waals surface area (Å²) >= 11 is 0. The number of hydrogen-bond donors (Lipinski definition) is 2. The lowest BCUT2D eigenvalue weighted by Gasteiger charge is -2.15. The van der Waals surface area contributed by atoms with Crippen molar-refractivity contribution < 1.29 is 18.0 Å². The van der Waals surface area contributed by atoms with E-state index in [9.17, 15) is 18.0 Å². The Bertz CT molecular complexity index is 469. The highest BCUT2D eigenvalue weighted by molar-refractivity contribution is 5.96. The van der Waals surface area contributed by atoms with Gasteiger partial charge in [0.1, 0.15) is 0 Å². The van der Waals surface area contributed by atoms with Gasteiger partial charge in [-0.15, -0.1) is 0 Å². The smallest absolute Gasteiger partial charge is 0.383 e. The minimum atomic E-state index is -4.41. The van der Waals surface area contributed by atoms with Crippen LogP contribution in [0.15, 0.2) is 12.1 Å². The number of fused-ring (bicyclic) bond motifs is 1. The maximum Gasteiger partial charge on any atom is 0.416 e. The van der Waals surface area contributed by atoms with Crippen molar-refractivity contribution in [2.75, 3.05) is 17.2 Å². The van der Waals surface area contributed by atoms with E-state index in [1.165, 1.54) is 13.0 Å². The van der Waals surface area contributed by atoms with E-state index in [1.54, 1.807) is 0 Å². The number of carbonyl (C=O) groups is 1. The van der Waals surface area contributed by atoms with Crippen molar-refractivity contribution in [3.8, 4) is 0 Å². The Morgan fingerprint density at radius 1 is 1.24 bits per heavy atom. The Morgan fingerprint density at radius 2 is 1.94 bits per heavy atom. The van der Waals surface area contributed by atoms with E-state index in [2.05, 4.69) is 10.6 Å². The molecule has 17 heavy (non-hydrogen) atoms. The number of carbonyl (C=O) groups excluding carboxylic acids is 1. The average molecular weight is 244 g/mol. The predicted octanol–water partition coefficient (Wildman–Crippen LogP) is 2.77. The number of hydrogen-bond acceptors (Lipinski definition) is 2. The normalized spacial score (nSPS) is 15.6. The van der Waals surface area contributed by atoms with Crippen molar-refractivity contribution in [2.45, 2.75) is 19.5 Å². The summed E-state index contributed by atoms with van der Waals surface area (Å²) in [6.45, 7) is 1.82. The molecule has 0 bridgehead atoms. The van der Waals surface area contributed by atoms with Gasteiger partial charge in [0.05, 0.1) is 16.9 Å². The van der Waals surface area contributed by atoms with E-state index in [0.717, 1.165) is 6.07 Å². The number of amides is 1. The molecule has 6 heteroatoms. The standard InChI is InChI=1S/C11H11F3N2O/c1-6-4-8-9(5-7(6)11(12,13)14)16-10(17)2-3-15-8/h4-5,15H,2-3H2,1H3,(H,16,17). The van der Waals surface area contributed by atoms with Gasteiger partial charge in [-0.2, -0.15) is 13.2 Å². The molecule has 2 N–H and O–H groups in total. The maximum absolute atomic E-state index is 12.7. The third-order valence-corrected chi connectivity index (χ3v) is 2.61. The van der Waals surface area contributed by atoms with Crippen LogP contribution in [-0.4, -0.2) is 12.5 Å². The Hall–Kier alpha value is -1.72. The fraction of sp³-hybridized carbons (Fsp3) is 0.364. The van der Waals surface area contributed by atoms with E-state index < -0.39 is 11.7 Å². The lowest BCUT2D eigenvalue weighted by atomic mass is 10.1. The van der Waals surface area contributed by atoms with Gasteiger partial charge in [-0.05, 0) is 24.6 Å². The van der Waals surface area contributed by atoms with Gasteiger partial charge >= 0.3 is 6.18 Å². The van der Waals surface area contributed by atoms with Crippen LogP contribution >= 0.6 is 0 Å². The number of rotatable bonds is 0. The van der Waals surface area contributed by atoms with Crippen LogP contribution in [0.3, 0.4) is 0 Å². The topological polar surface area (TPSA) is 41.1 Å². The number of nitrogens with one attached hydrogen (secondary N) is 2. The SMILES string of the molecule is Cc1cc2c(cc1C(F)(F)F)NC(=O)CCN2. The molecule has 0 fully saturated rings. The molecule has 0 aliphatic carbocycles. The molecule has 3 nitrogen and oxygen atoms in total. The van der Waals surface area contributed by atoms with E-state index in [4.69, 9.17) is 0 Å². The highest BCUT2D eigenvalue weighted by atomic mass is 19.4. The molecule has 1 aliphatic heterocycles. The number of benzene rings is 1. The molecule has 0 radical (unpaired) electrons. The molecule has 1 aromatic rings. The van der Waals surface area contributed by atoms with Gasteiger partial charge < -0.3 is 10.6 Å². The summed E-state index contributed by atoms with van der Waals surface area (Å²) in [6.07, 6.45) is -4.16. The Labute approximate surface area is 96.0 Å². The second-order valence-corrected chi connectivity index (χ2v) is 3.94. The van der Waals surface area contributed by atoms with Gasteiger partial charge in [0.25, 0.3) is 0 Å². The molecule has 1 amide bonds. The van der Waals surface area contributed by atoms with Gasteiger partial charge in [0.15, 0.2) is 0 Å². The van der Waals surface area contributed by atoms with E-state index >= 15 is 0 Å². The largest absolute Gasteiger partial charge is 0.416 e. The number of halogens is 3. The minimum Gasteiger partial charge on any atom is -0.383 e. The van der Waals surface area contributed by atoms with Gasteiger partial charge in [0.2, 0.25) is 5.91 Å². The number of anilines is 2. The molecule has 1 heterocycles. The van der Waals surface area contributed by atoms with Crippen LogP contribution in [0.5, 0.6) is 0 Å². The fourth-order valence-corrected chi connectivity index (χ4v) is 1.79. The molecule has 0 spiro atoms. The quantitative estimate of drug-likeness (QED) is 0.736. The van der Waals surface area contributed by atoms with Crippen LogP contribution in [-0.2, 0) is 11.0 Å². The summed E-state index contributed by atoms with van der Waals surface area (Å²) in [5.41, 5.74) is 0.131. The molecule has 2 rings (SSSR count). The van der Waals surface area contributed by atoms with Crippen molar-refractivity contribution in [3.05, 3.63) is 23.3 Å². The van der Waals surface area contributed by atoms with Crippen LogP contribution in [0, 0.1) is 6.92 Å². The van der Waals surface area contributed by atoms with Crippen molar-refractivity contribution in [1.82, 2.24) is 0 Å². The Morgan fingerprint density at radius 3 is 2.59 bits per heavy atom. The third kappa shape index (κ3) is 2.35. The summed E-state index contributed by atoms with van der Waals surface area (Å²) in [5.74, 6) is -0.284. The summed E-state index contributed by atoms with van der Waals surface area (Å²) in [7, 11) is 0. The average Bonchev–Trinajstić information content (AvgIpc) is 2.36. The highest BCUT2D eigenvalue weighted by Gasteiger charge is 2.33. The summed E-state index contributed by atoms with van der Waals surface area (Å²) in [4.78, 5) is 11.3. The zero-order chi connectivity index (χ0) is 12.6. The van der Waals surface area contributed by atoms with Crippen LogP contribution in [0.25, 0.3) is 0 Å². The van der Waals surface area contributed by atoms with Crippen LogP contribution in [0.2, 0.25) is 0 Å². The molecule has 1 aliphatic rings. The lowest BCUT2D eigenvalue weighted by molar-refractivity contribution is -0.138. The van der Waals surface area contributed by atoms with E-state index in [0.29, 0.717) is 12.2 Å². The summed E-state index contributed by atoms with van der Waals surface area (Å²) < 4.78 is 38.1. The van der Waals surface area contributed by atoms with Crippen molar-refractivity contribution in [3.63, 3.8) is 0 Å². The molecule has 1 aromatic carbocycles. The molecule has 0 saturated heterocycles. The summed E-state index contributed by atoms with van der Waals surface area (Å²) in [6, 6.07) is 2.38. The molecule has 92 valence electrons. The lowest BCUT2D eigenvalue weighted by Crippen LogP contribution is -2.12. The van der Waals surface area contributed by atoms with Crippen LogP contribution in [0.4, 0.5) is 24.5 Å². The maximum atomic E-state index is 12.7. The highest BCUT2D eigenvalue weighted by Crippen LogP contribution is 2.37. The van der Waals surface area contributed by atoms with E-state index in [1.807, 2.05) is 0 Å². The zero-order valence-electron chi connectivity index (χ0n) is 9.11. The monoisotopic (exact) mass is 244 g/mol. The Balaban J connectivity index is 2.51. The molecular formula is C11H11F3N2O. The second-order valence-electron chi connectivity index (χ2n) is 3.94. The van der Waals surface area contributed by atoms with Gasteiger partial charge in [0, 0.05) is 13.0 Å². The van der Waals surface area contributed by atoms with Crippen molar-refractivity contribution in [1.29, 1.82) is 0 Å². The first kappa shape index (κ1) is 11.8. The van der Waals surface area contributed by atoms with Crippen LogP contribution < -0.4 is 10.6 Å². The van der Waals surface area contributed by atoms with Gasteiger partial charge in [-0.3, -0.25) is 4.79 Å².